The molecular formula is C21H21NO3S. The number of nitrogens with one attached hydrogen (secondary N) is 1. The monoisotopic (exact) mass is 367 g/mol. The van der Waals surface area contributed by atoms with E-state index < -0.39 is 10.1 Å². The molecule has 3 aromatic carbocycles. The maximum absolute atomic E-state index is 12.3. The highest BCUT2D eigenvalue weighted by Crippen LogP contribution is 2.20. The lowest BCUT2D eigenvalue weighted by molar-refractivity contribution is 0.486. The number of aryl methyl sites for hydroxylation is 2. The summed E-state index contributed by atoms with van der Waals surface area (Å²) in [5.41, 5.74) is 4.29. The molecule has 5 heteroatoms. The van der Waals surface area contributed by atoms with Gasteiger partial charge in [0.15, 0.2) is 0 Å². The summed E-state index contributed by atoms with van der Waals surface area (Å²) in [5.74, 6) is 0.296. The molecular weight excluding hydrogens is 346 g/mol. The molecule has 0 atom stereocenters. The van der Waals surface area contributed by atoms with Gasteiger partial charge in [-0.25, -0.2) is 0 Å². The van der Waals surface area contributed by atoms with Crippen molar-refractivity contribution >= 4 is 15.8 Å². The Kier molecular flexibility index (Phi) is 5.28. The summed E-state index contributed by atoms with van der Waals surface area (Å²) in [6, 6.07) is 21.7. The lowest BCUT2D eigenvalue weighted by Gasteiger charge is -2.10. The predicted octanol–water partition coefficient (Wildman–Crippen LogP) is 4.68. The van der Waals surface area contributed by atoms with Crippen LogP contribution in [0.5, 0.6) is 5.75 Å². The van der Waals surface area contributed by atoms with Crippen LogP contribution < -0.4 is 9.50 Å². The summed E-state index contributed by atoms with van der Waals surface area (Å²) in [4.78, 5) is 0.147. The second-order valence-corrected chi connectivity index (χ2v) is 7.71. The van der Waals surface area contributed by atoms with Crippen LogP contribution in [0, 0.1) is 13.8 Å². The van der Waals surface area contributed by atoms with Crippen LogP contribution >= 0.6 is 0 Å². The Hall–Kier alpha value is -2.79. The van der Waals surface area contributed by atoms with E-state index in [2.05, 4.69) is 18.3 Å². The molecule has 0 radical (unpaired) electrons. The lowest BCUT2D eigenvalue weighted by Crippen LogP contribution is -2.09. The molecule has 0 aliphatic heterocycles. The van der Waals surface area contributed by atoms with Crippen LogP contribution in [0.15, 0.2) is 77.7 Å². The summed E-state index contributed by atoms with van der Waals surface area (Å²) in [6.45, 7) is 4.60. The van der Waals surface area contributed by atoms with Gasteiger partial charge in [-0.1, -0.05) is 48.0 Å². The Morgan fingerprint density at radius 3 is 2.15 bits per heavy atom. The standard InChI is InChI=1S/C21H21NO3S/c1-16-7-13-20(14-8-16)26(23,24)25-19-11-9-18(10-12-19)15-22-21-6-4-3-5-17(21)2/h3-14,22H,15H2,1-2H3. The third-order valence-electron chi connectivity index (χ3n) is 4.07. The third kappa shape index (κ3) is 4.43. The van der Waals surface area contributed by atoms with Gasteiger partial charge in [0.25, 0.3) is 0 Å². The molecule has 3 aromatic rings. The van der Waals surface area contributed by atoms with E-state index in [-0.39, 0.29) is 4.90 Å². The molecule has 134 valence electrons. The van der Waals surface area contributed by atoms with E-state index in [1.54, 1.807) is 36.4 Å². The van der Waals surface area contributed by atoms with Gasteiger partial charge in [-0.3, -0.25) is 0 Å². The molecule has 0 amide bonds. The highest BCUT2D eigenvalue weighted by atomic mass is 32.2. The number of rotatable bonds is 6. The van der Waals surface area contributed by atoms with Gasteiger partial charge in [0.1, 0.15) is 10.6 Å². The highest BCUT2D eigenvalue weighted by molar-refractivity contribution is 7.87. The van der Waals surface area contributed by atoms with Gasteiger partial charge in [-0.15, -0.1) is 0 Å². The van der Waals surface area contributed by atoms with Crippen molar-refractivity contribution in [1.82, 2.24) is 0 Å². The summed E-state index contributed by atoms with van der Waals surface area (Å²) < 4.78 is 29.8. The van der Waals surface area contributed by atoms with E-state index in [0.717, 1.165) is 16.8 Å². The zero-order valence-electron chi connectivity index (χ0n) is 14.8. The number of benzene rings is 3. The van der Waals surface area contributed by atoms with E-state index in [4.69, 9.17) is 4.18 Å². The molecule has 26 heavy (non-hydrogen) atoms. The van der Waals surface area contributed by atoms with Gasteiger partial charge in [-0.2, -0.15) is 8.42 Å². The van der Waals surface area contributed by atoms with Crippen molar-refractivity contribution in [2.24, 2.45) is 0 Å². The van der Waals surface area contributed by atoms with Gasteiger partial charge < -0.3 is 9.50 Å². The minimum atomic E-state index is -3.82. The van der Waals surface area contributed by atoms with Crippen LogP contribution in [0.3, 0.4) is 0 Å². The molecule has 0 aliphatic rings. The molecule has 0 saturated heterocycles. The van der Waals surface area contributed by atoms with Crippen molar-refractivity contribution in [3.8, 4) is 5.75 Å². The Morgan fingerprint density at radius 1 is 0.846 bits per heavy atom. The van der Waals surface area contributed by atoms with Gasteiger partial charge >= 0.3 is 10.1 Å². The first-order valence-corrected chi connectivity index (χ1v) is 9.74. The van der Waals surface area contributed by atoms with Crippen molar-refractivity contribution in [3.63, 3.8) is 0 Å². The number of para-hydroxylation sites is 1. The van der Waals surface area contributed by atoms with Gasteiger partial charge in [0.05, 0.1) is 0 Å². The van der Waals surface area contributed by atoms with Gasteiger partial charge in [0, 0.05) is 12.2 Å². The lowest BCUT2D eigenvalue weighted by atomic mass is 10.2. The summed E-state index contributed by atoms with van der Waals surface area (Å²) in [7, 11) is -3.82. The van der Waals surface area contributed by atoms with Crippen LogP contribution in [0.4, 0.5) is 5.69 Å². The molecule has 0 saturated carbocycles. The second kappa shape index (κ2) is 7.62. The van der Waals surface area contributed by atoms with Crippen LogP contribution in [-0.2, 0) is 16.7 Å². The van der Waals surface area contributed by atoms with E-state index in [1.165, 1.54) is 5.56 Å². The molecule has 1 N–H and O–H groups in total. The Labute approximate surface area is 154 Å². The van der Waals surface area contributed by atoms with Crippen molar-refractivity contribution in [2.45, 2.75) is 25.3 Å². The first-order chi connectivity index (χ1) is 12.4. The normalized spacial score (nSPS) is 11.2. The topological polar surface area (TPSA) is 55.4 Å². The quantitative estimate of drug-likeness (QED) is 0.643. The third-order valence-corrected chi connectivity index (χ3v) is 5.33. The van der Waals surface area contributed by atoms with E-state index in [0.29, 0.717) is 12.3 Å². The van der Waals surface area contributed by atoms with E-state index >= 15 is 0 Å². The van der Waals surface area contributed by atoms with E-state index in [1.807, 2.05) is 37.3 Å². The molecule has 0 spiro atoms. The fourth-order valence-corrected chi connectivity index (χ4v) is 3.44. The molecule has 3 rings (SSSR count). The second-order valence-electron chi connectivity index (χ2n) is 6.16. The van der Waals surface area contributed by atoms with Crippen molar-refractivity contribution in [2.75, 3.05) is 5.32 Å². The number of hydrogen-bond acceptors (Lipinski definition) is 4. The Balaban J connectivity index is 1.66. The van der Waals surface area contributed by atoms with Crippen molar-refractivity contribution in [1.29, 1.82) is 0 Å². The van der Waals surface area contributed by atoms with Crippen LogP contribution in [0.1, 0.15) is 16.7 Å². The fourth-order valence-electron chi connectivity index (χ4n) is 2.51. The van der Waals surface area contributed by atoms with Crippen molar-refractivity contribution in [3.05, 3.63) is 89.5 Å². The zero-order chi connectivity index (χ0) is 18.6. The smallest absolute Gasteiger partial charge is 0.339 e. The minimum Gasteiger partial charge on any atom is -0.381 e. The largest absolute Gasteiger partial charge is 0.381 e. The van der Waals surface area contributed by atoms with E-state index in [9.17, 15) is 8.42 Å². The summed E-state index contributed by atoms with van der Waals surface area (Å²) in [5, 5.41) is 3.37. The maximum Gasteiger partial charge on any atom is 0.339 e. The Morgan fingerprint density at radius 2 is 1.50 bits per heavy atom. The molecule has 0 heterocycles. The van der Waals surface area contributed by atoms with Gasteiger partial charge in [0.2, 0.25) is 0 Å². The SMILES string of the molecule is Cc1ccc(S(=O)(=O)Oc2ccc(CNc3ccccc3C)cc2)cc1. The molecule has 4 nitrogen and oxygen atoms in total. The van der Waals surface area contributed by atoms with Crippen LogP contribution in [-0.4, -0.2) is 8.42 Å². The molecule has 0 aliphatic carbocycles. The van der Waals surface area contributed by atoms with Crippen LogP contribution in [0.2, 0.25) is 0 Å². The average Bonchev–Trinajstić information content (AvgIpc) is 2.62. The average molecular weight is 367 g/mol. The Bertz CT molecular complexity index is 979. The van der Waals surface area contributed by atoms with Crippen LogP contribution in [0.25, 0.3) is 0 Å². The fraction of sp³-hybridized carbons (Fsp3) is 0.143. The summed E-state index contributed by atoms with van der Waals surface area (Å²) >= 11 is 0. The number of anilines is 1. The van der Waals surface area contributed by atoms with Crippen molar-refractivity contribution < 1.29 is 12.6 Å². The zero-order valence-corrected chi connectivity index (χ0v) is 15.6. The van der Waals surface area contributed by atoms with Gasteiger partial charge in [-0.05, 0) is 55.3 Å². The minimum absolute atomic E-state index is 0.147. The molecule has 0 bridgehead atoms. The first kappa shape index (κ1) is 18.0. The first-order valence-electron chi connectivity index (χ1n) is 8.34. The summed E-state index contributed by atoms with van der Waals surface area (Å²) in [6.07, 6.45) is 0. The maximum atomic E-state index is 12.3. The molecule has 0 unspecified atom stereocenters. The predicted molar refractivity (Wildman–Crippen MR) is 104 cm³/mol. The molecule has 0 aromatic heterocycles. The highest BCUT2D eigenvalue weighted by Gasteiger charge is 2.16. The number of hydrogen-bond donors (Lipinski definition) is 1. The molecule has 0 fully saturated rings.